The van der Waals surface area contributed by atoms with Gasteiger partial charge in [-0.2, -0.15) is 13.2 Å². The van der Waals surface area contributed by atoms with Gasteiger partial charge in [0.05, 0.1) is 19.8 Å². The van der Waals surface area contributed by atoms with Crippen LogP contribution in [0.5, 0.6) is 5.75 Å². The van der Waals surface area contributed by atoms with E-state index in [9.17, 15) is 18.3 Å². The first kappa shape index (κ1) is 16.6. The molecule has 1 rings (SSSR count). The van der Waals surface area contributed by atoms with Crippen molar-refractivity contribution in [2.75, 3.05) is 31.7 Å². The van der Waals surface area contributed by atoms with Crippen LogP contribution in [0.3, 0.4) is 0 Å². The van der Waals surface area contributed by atoms with E-state index < -0.39 is 25.4 Å². The maximum absolute atomic E-state index is 12.6. The molecule has 1 aromatic rings. The van der Waals surface area contributed by atoms with E-state index in [2.05, 4.69) is 0 Å². The Morgan fingerprint density at radius 2 is 2.00 bits per heavy atom. The average Bonchev–Trinajstić information content (AvgIpc) is 2.35. The molecular weight excluding hydrogens is 275 g/mol. The van der Waals surface area contributed by atoms with E-state index in [0.717, 1.165) is 4.90 Å². The Bertz CT molecular complexity index is 435. The second kappa shape index (κ2) is 6.81. The summed E-state index contributed by atoms with van der Waals surface area (Å²) in [7, 11) is 1.38. The van der Waals surface area contributed by atoms with Crippen molar-refractivity contribution in [3.05, 3.63) is 23.8 Å². The molecule has 0 bridgehead atoms. The summed E-state index contributed by atoms with van der Waals surface area (Å²) in [5.41, 5.74) is 0.471. The van der Waals surface area contributed by atoms with Crippen molar-refractivity contribution in [3.8, 4) is 5.75 Å². The van der Waals surface area contributed by atoms with E-state index in [0.29, 0.717) is 5.75 Å². The average molecular weight is 293 g/mol. The minimum Gasteiger partial charge on any atom is -0.496 e. The summed E-state index contributed by atoms with van der Waals surface area (Å²) >= 11 is 0. The van der Waals surface area contributed by atoms with Gasteiger partial charge in [-0.25, -0.2) is 0 Å². The third-order valence-electron chi connectivity index (χ3n) is 2.76. The standard InChI is InChI=1S/C13H18F3NO3/c1-9(19)12-10(4-3-5-11(12)20-2)17(6-7-18)8-13(14,15)16/h3-5,9,18-19H,6-8H2,1-2H3/t9-/m1/s1. The van der Waals surface area contributed by atoms with Gasteiger partial charge in [-0.3, -0.25) is 0 Å². The lowest BCUT2D eigenvalue weighted by Gasteiger charge is -2.29. The highest BCUT2D eigenvalue weighted by molar-refractivity contribution is 5.60. The molecule has 0 saturated carbocycles. The second-order valence-corrected chi connectivity index (χ2v) is 4.33. The molecule has 1 aromatic carbocycles. The van der Waals surface area contributed by atoms with Gasteiger partial charge < -0.3 is 19.8 Å². The molecule has 4 nitrogen and oxygen atoms in total. The number of benzene rings is 1. The number of nitrogens with zero attached hydrogens (tertiary/aromatic N) is 1. The number of methoxy groups -OCH3 is 1. The van der Waals surface area contributed by atoms with Gasteiger partial charge in [0.15, 0.2) is 0 Å². The van der Waals surface area contributed by atoms with Crippen LogP contribution < -0.4 is 9.64 Å². The van der Waals surface area contributed by atoms with Gasteiger partial charge in [0, 0.05) is 17.8 Å². The van der Waals surface area contributed by atoms with Crippen LogP contribution >= 0.6 is 0 Å². The fourth-order valence-corrected chi connectivity index (χ4v) is 2.03. The Kier molecular flexibility index (Phi) is 5.64. The predicted octanol–water partition coefficient (Wildman–Crippen LogP) is 2.11. The first-order valence-corrected chi connectivity index (χ1v) is 6.07. The summed E-state index contributed by atoms with van der Waals surface area (Å²) in [6.07, 6.45) is -5.40. The van der Waals surface area contributed by atoms with Gasteiger partial charge in [-0.15, -0.1) is 0 Å². The summed E-state index contributed by atoms with van der Waals surface area (Å²) < 4.78 is 42.9. The van der Waals surface area contributed by atoms with Crippen molar-refractivity contribution in [2.24, 2.45) is 0 Å². The molecular formula is C13H18F3NO3. The number of alkyl halides is 3. The summed E-state index contributed by atoms with van der Waals surface area (Å²) in [5, 5.41) is 18.7. The summed E-state index contributed by atoms with van der Waals surface area (Å²) in [6, 6.07) is 4.57. The lowest BCUT2D eigenvalue weighted by atomic mass is 10.1. The lowest BCUT2D eigenvalue weighted by Crippen LogP contribution is -2.37. The molecule has 2 N–H and O–H groups in total. The molecule has 0 aliphatic rings. The molecule has 0 fully saturated rings. The van der Waals surface area contributed by atoms with Gasteiger partial charge >= 0.3 is 6.18 Å². The Hall–Kier alpha value is -1.47. The normalized spacial score (nSPS) is 13.2. The number of hydrogen-bond acceptors (Lipinski definition) is 4. The minimum atomic E-state index is -4.41. The molecule has 0 spiro atoms. The van der Waals surface area contributed by atoms with Gasteiger partial charge in [0.25, 0.3) is 0 Å². The highest BCUT2D eigenvalue weighted by atomic mass is 19.4. The van der Waals surface area contributed by atoms with E-state index in [1.54, 1.807) is 12.1 Å². The molecule has 0 saturated heterocycles. The smallest absolute Gasteiger partial charge is 0.405 e. The monoisotopic (exact) mass is 293 g/mol. The van der Waals surface area contributed by atoms with Crippen LogP contribution in [0.1, 0.15) is 18.6 Å². The summed E-state index contributed by atoms with van der Waals surface area (Å²) in [4.78, 5) is 0.977. The van der Waals surface area contributed by atoms with E-state index in [4.69, 9.17) is 9.84 Å². The van der Waals surface area contributed by atoms with Crippen LogP contribution in [0.4, 0.5) is 18.9 Å². The predicted molar refractivity (Wildman–Crippen MR) is 69.0 cm³/mol. The molecule has 7 heteroatoms. The fourth-order valence-electron chi connectivity index (χ4n) is 2.03. The minimum absolute atomic E-state index is 0.188. The largest absolute Gasteiger partial charge is 0.496 e. The van der Waals surface area contributed by atoms with Gasteiger partial charge in [0.2, 0.25) is 0 Å². The number of anilines is 1. The summed E-state index contributed by atoms with van der Waals surface area (Å²) in [6.45, 7) is -0.370. The molecule has 0 heterocycles. The molecule has 0 radical (unpaired) electrons. The van der Waals surface area contributed by atoms with Crippen LogP contribution in [0.15, 0.2) is 18.2 Å². The van der Waals surface area contributed by atoms with Crippen LogP contribution in [-0.2, 0) is 0 Å². The van der Waals surface area contributed by atoms with Gasteiger partial charge in [-0.1, -0.05) is 6.07 Å². The number of ether oxygens (including phenoxy) is 1. The van der Waals surface area contributed by atoms with Crippen LogP contribution in [0.25, 0.3) is 0 Å². The van der Waals surface area contributed by atoms with Gasteiger partial charge in [-0.05, 0) is 19.1 Å². The first-order valence-electron chi connectivity index (χ1n) is 6.07. The molecule has 1 atom stereocenters. The molecule has 0 aromatic heterocycles. The van der Waals surface area contributed by atoms with E-state index in [1.807, 2.05) is 0 Å². The van der Waals surface area contributed by atoms with Crippen LogP contribution in [0, 0.1) is 0 Å². The molecule has 0 aliphatic heterocycles. The molecule has 0 aliphatic carbocycles. The third kappa shape index (κ3) is 4.28. The quantitative estimate of drug-likeness (QED) is 0.843. The van der Waals surface area contributed by atoms with Crippen molar-refractivity contribution in [1.29, 1.82) is 0 Å². The zero-order valence-electron chi connectivity index (χ0n) is 11.3. The van der Waals surface area contributed by atoms with E-state index in [1.165, 1.54) is 20.1 Å². The van der Waals surface area contributed by atoms with Crippen LogP contribution in [-0.4, -0.2) is 43.2 Å². The van der Waals surface area contributed by atoms with Crippen molar-refractivity contribution in [2.45, 2.75) is 19.2 Å². The van der Waals surface area contributed by atoms with E-state index in [-0.39, 0.29) is 17.8 Å². The molecule has 20 heavy (non-hydrogen) atoms. The van der Waals surface area contributed by atoms with E-state index >= 15 is 0 Å². The number of hydrogen-bond donors (Lipinski definition) is 2. The fraction of sp³-hybridized carbons (Fsp3) is 0.538. The number of halogens is 3. The maximum atomic E-state index is 12.6. The highest BCUT2D eigenvalue weighted by Crippen LogP contribution is 2.35. The first-order chi connectivity index (χ1) is 9.30. The molecule has 0 unspecified atom stereocenters. The zero-order chi connectivity index (χ0) is 15.3. The van der Waals surface area contributed by atoms with Crippen molar-refractivity contribution in [3.63, 3.8) is 0 Å². The zero-order valence-corrected chi connectivity index (χ0v) is 11.3. The van der Waals surface area contributed by atoms with Crippen molar-refractivity contribution < 1.29 is 28.1 Å². The van der Waals surface area contributed by atoms with Crippen molar-refractivity contribution in [1.82, 2.24) is 0 Å². The second-order valence-electron chi connectivity index (χ2n) is 4.33. The molecule has 114 valence electrons. The Morgan fingerprint density at radius 1 is 1.35 bits per heavy atom. The maximum Gasteiger partial charge on any atom is 0.405 e. The number of aliphatic hydroxyl groups excluding tert-OH is 2. The topological polar surface area (TPSA) is 52.9 Å². The number of aliphatic hydroxyl groups is 2. The Morgan fingerprint density at radius 3 is 2.45 bits per heavy atom. The van der Waals surface area contributed by atoms with Crippen LogP contribution in [0.2, 0.25) is 0 Å². The highest BCUT2D eigenvalue weighted by Gasteiger charge is 2.32. The summed E-state index contributed by atoms with van der Waals surface area (Å²) in [5.74, 6) is 0.308. The Labute approximate surface area is 115 Å². The Balaban J connectivity index is 3.25. The molecule has 0 amide bonds. The van der Waals surface area contributed by atoms with Crippen molar-refractivity contribution >= 4 is 5.69 Å². The lowest BCUT2D eigenvalue weighted by molar-refractivity contribution is -0.119. The van der Waals surface area contributed by atoms with Gasteiger partial charge in [0.1, 0.15) is 12.3 Å². The third-order valence-corrected chi connectivity index (χ3v) is 2.76. The number of rotatable bonds is 6. The SMILES string of the molecule is COc1cccc(N(CCO)CC(F)(F)F)c1[C@@H](C)O.